The minimum absolute atomic E-state index is 0.191. The van der Waals surface area contributed by atoms with Gasteiger partial charge in [-0.3, -0.25) is 4.79 Å². The van der Waals surface area contributed by atoms with Crippen LogP contribution in [0.2, 0.25) is 0 Å². The molecule has 0 atom stereocenters. The number of halogens is 1. The van der Waals surface area contributed by atoms with Gasteiger partial charge in [0.05, 0.1) is 7.11 Å². The van der Waals surface area contributed by atoms with Crippen LogP contribution >= 0.6 is 0 Å². The lowest BCUT2D eigenvalue weighted by Gasteiger charge is -2.06. The summed E-state index contributed by atoms with van der Waals surface area (Å²) >= 11 is 0. The summed E-state index contributed by atoms with van der Waals surface area (Å²) in [6.07, 6.45) is 0. The highest BCUT2D eigenvalue weighted by Gasteiger charge is 2.06. The highest BCUT2D eigenvalue weighted by atomic mass is 19.1. The summed E-state index contributed by atoms with van der Waals surface area (Å²) in [6.45, 7) is 0.357. The van der Waals surface area contributed by atoms with Crippen LogP contribution in [-0.2, 0) is 6.54 Å². The fourth-order valence-corrected chi connectivity index (χ4v) is 1.65. The third-order valence-corrected chi connectivity index (χ3v) is 2.70. The molecule has 0 spiro atoms. The van der Waals surface area contributed by atoms with Gasteiger partial charge >= 0.3 is 0 Å². The van der Waals surface area contributed by atoms with E-state index in [1.165, 1.54) is 12.1 Å². The van der Waals surface area contributed by atoms with E-state index in [2.05, 4.69) is 5.32 Å². The Hall–Kier alpha value is -2.36. The van der Waals surface area contributed by atoms with E-state index in [1.807, 2.05) is 0 Å². The first-order valence-electron chi connectivity index (χ1n) is 5.86. The monoisotopic (exact) mass is 259 g/mol. The van der Waals surface area contributed by atoms with Crippen LogP contribution in [0.15, 0.2) is 48.5 Å². The van der Waals surface area contributed by atoms with Crippen molar-refractivity contribution in [3.8, 4) is 5.75 Å². The largest absolute Gasteiger partial charge is 0.497 e. The third kappa shape index (κ3) is 3.55. The van der Waals surface area contributed by atoms with Gasteiger partial charge in [-0.05, 0) is 35.9 Å². The van der Waals surface area contributed by atoms with E-state index >= 15 is 0 Å². The van der Waals surface area contributed by atoms with Crippen LogP contribution < -0.4 is 10.1 Å². The Morgan fingerprint density at radius 2 is 1.95 bits per heavy atom. The zero-order valence-electron chi connectivity index (χ0n) is 10.5. The summed E-state index contributed by atoms with van der Waals surface area (Å²) in [5.41, 5.74) is 1.37. The number of benzene rings is 2. The van der Waals surface area contributed by atoms with Gasteiger partial charge in [0.2, 0.25) is 0 Å². The minimum Gasteiger partial charge on any atom is -0.497 e. The molecule has 4 heteroatoms. The van der Waals surface area contributed by atoms with E-state index in [4.69, 9.17) is 4.74 Å². The van der Waals surface area contributed by atoms with E-state index in [-0.39, 0.29) is 11.7 Å². The van der Waals surface area contributed by atoms with Crippen molar-refractivity contribution in [2.24, 2.45) is 0 Å². The summed E-state index contributed by atoms with van der Waals surface area (Å²) in [4.78, 5) is 11.9. The fourth-order valence-electron chi connectivity index (χ4n) is 1.65. The second-order valence-electron chi connectivity index (χ2n) is 4.04. The molecule has 0 aromatic heterocycles. The quantitative estimate of drug-likeness (QED) is 0.916. The molecule has 3 nitrogen and oxygen atoms in total. The van der Waals surface area contributed by atoms with Crippen LogP contribution in [-0.4, -0.2) is 13.0 Å². The first kappa shape index (κ1) is 13.1. The number of nitrogens with one attached hydrogen (secondary N) is 1. The van der Waals surface area contributed by atoms with Crippen molar-refractivity contribution in [3.05, 3.63) is 65.5 Å². The first-order valence-corrected chi connectivity index (χ1v) is 5.86. The fraction of sp³-hybridized carbons (Fsp3) is 0.133. The number of amides is 1. The summed E-state index contributed by atoms with van der Waals surface area (Å²) in [6, 6.07) is 12.9. The lowest BCUT2D eigenvalue weighted by Crippen LogP contribution is -2.22. The Balaban J connectivity index is 1.99. The van der Waals surface area contributed by atoms with Crippen LogP contribution in [0.3, 0.4) is 0 Å². The van der Waals surface area contributed by atoms with E-state index in [1.54, 1.807) is 43.5 Å². The summed E-state index contributed by atoms with van der Waals surface area (Å²) in [7, 11) is 1.55. The molecule has 0 heterocycles. The van der Waals surface area contributed by atoms with Gasteiger partial charge in [0, 0.05) is 12.1 Å². The first-order chi connectivity index (χ1) is 9.19. The number of hydrogen-bond acceptors (Lipinski definition) is 2. The minimum atomic E-state index is -0.289. The summed E-state index contributed by atoms with van der Waals surface area (Å²) in [5, 5.41) is 2.77. The molecule has 98 valence electrons. The van der Waals surface area contributed by atoms with Crippen molar-refractivity contribution in [2.45, 2.75) is 6.54 Å². The molecule has 1 N–H and O–H groups in total. The summed E-state index contributed by atoms with van der Waals surface area (Å²) < 4.78 is 17.8. The molecule has 19 heavy (non-hydrogen) atoms. The van der Waals surface area contributed by atoms with Crippen LogP contribution in [0.1, 0.15) is 15.9 Å². The molecule has 0 unspecified atom stereocenters. The molecule has 0 bridgehead atoms. The molecule has 0 aliphatic rings. The van der Waals surface area contributed by atoms with Crippen LogP contribution in [0.4, 0.5) is 4.39 Å². The molecule has 2 aromatic rings. The van der Waals surface area contributed by atoms with Crippen LogP contribution in [0.25, 0.3) is 0 Å². The molecule has 2 rings (SSSR count). The average Bonchev–Trinajstić information content (AvgIpc) is 2.46. The Kier molecular flexibility index (Phi) is 4.13. The Bertz CT molecular complexity index is 567. The number of hydrogen-bond donors (Lipinski definition) is 1. The van der Waals surface area contributed by atoms with Gasteiger partial charge in [-0.2, -0.15) is 0 Å². The molecular formula is C15H14FNO2. The molecule has 0 aliphatic carbocycles. The predicted octanol–water partition coefficient (Wildman–Crippen LogP) is 2.76. The zero-order chi connectivity index (χ0) is 13.7. The van der Waals surface area contributed by atoms with Gasteiger partial charge in [-0.1, -0.05) is 18.2 Å². The highest BCUT2D eigenvalue weighted by Crippen LogP contribution is 2.12. The molecule has 0 saturated heterocycles. The van der Waals surface area contributed by atoms with Gasteiger partial charge in [0.1, 0.15) is 11.6 Å². The highest BCUT2D eigenvalue weighted by molar-refractivity contribution is 5.94. The molecule has 0 radical (unpaired) electrons. The average molecular weight is 259 g/mol. The van der Waals surface area contributed by atoms with Gasteiger partial charge in [0.25, 0.3) is 5.91 Å². The topological polar surface area (TPSA) is 38.3 Å². The maximum absolute atomic E-state index is 12.7. The standard InChI is InChI=1S/C15H14FNO2/c1-19-14-4-2-3-12(9-14)15(18)17-10-11-5-7-13(16)8-6-11/h2-9H,10H2,1H3,(H,17,18). The zero-order valence-corrected chi connectivity index (χ0v) is 10.5. The lowest BCUT2D eigenvalue weighted by atomic mass is 10.2. The molecule has 0 fully saturated rings. The van der Waals surface area contributed by atoms with E-state index in [0.29, 0.717) is 17.9 Å². The van der Waals surface area contributed by atoms with Gasteiger partial charge < -0.3 is 10.1 Å². The molecule has 2 aromatic carbocycles. The Morgan fingerprint density at radius 1 is 1.21 bits per heavy atom. The van der Waals surface area contributed by atoms with Crippen molar-refractivity contribution < 1.29 is 13.9 Å². The normalized spacial score (nSPS) is 10.0. The summed E-state index contributed by atoms with van der Waals surface area (Å²) in [5.74, 6) is 0.153. The number of methoxy groups -OCH3 is 1. The van der Waals surface area contributed by atoms with E-state index in [0.717, 1.165) is 5.56 Å². The van der Waals surface area contributed by atoms with Crippen LogP contribution in [0.5, 0.6) is 5.75 Å². The second kappa shape index (κ2) is 6.00. The Labute approximate surface area is 111 Å². The van der Waals surface area contributed by atoms with Crippen molar-refractivity contribution in [2.75, 3.05) is 7.11 Å². The molecular weight excluding hydrogens is 245 g/mol. The number of ether oxygens (including phenoxy) is 1. The maximum atomic E-state index is 12.7. The SMILES string of the molecule is COc1cccc(C(=O)NCc2ccc(F)cc2)c1. The van der Waals surface area contributed by atoms with Crippen molar-refractivity contribution >= 4 is 5.91 Å². The lowest BCUT2D eigenvalue weighted by molar-refractivity contribution is 0.0950. The van der Waals surface area contributed by atoms with Crippen molar-refractivity contribution in [1.82, 2.24) is 5.32 Å². The van der Waals surface area contributed by atoms with E-state index in [9.17, 15) is 9.18 Å². The molecule has 0 saturated carbocycles. The third-order valence-electron chi connectivity index (χ3n) is 2.70. The Morgan fingerprint density at radius 3 is 2.63 bits per heavy atom. The second-order valence-corrected chi connectivity index (χ2v) is 4.04. The molecule has 1 amide bonds. The number of carbonyl (C=O) groups is 1. The van der Waals surface area contributed by atoms with Crippen molar-refractivity contribution in [3.63, 3.8) is 0 Å². The number of rotatable bonds is 4. The predicted molar refractivity (Wildman–Crippen MR) is 70.6 cm³/mol. The molecule has 0 aliphatic heterocycles. The maximum Gasteiger partial charge on any atom is 0.251 e. The number of carbonyl (C=O) groups excluding carboxylic acids is 1. The smallest absolute Gasteiger partial charge is 0.251 e. The van der Waals surface area contributed by atoms with E-state index < -0.39 is 0 Å². The van der Waals surface area contributed by atoms with Gasteiger partial charge in [-0.15, -0.1) is 0 Å². The van der Waals surface area contributed by atoms with Crippen molar-refractivity contribution in [1.29, 1.82) is 0 Å². The van der Waals surface area contributed by atoms with Crippen LogP contribution in [0, 0.1) is 5.82 Å². The van der Waals surface area contributed by atoms with Gasteiger partial charge in [0.15, 0.2) is 0 Å². The van der Waals surface area contributed by atoms with Gasteiger partial charge in [-0.25, -0.2) is 4.39 Å².